The summed E-state index contributed by atoms with van der Waals surface area (Å²) in [5, 5.41) is 6.77. The number of piperazine rings is 1. The Balaban J connectivity index is 1.60. The summed E-state index contributed by atoms with van der Waals surface area (Å²) in [6.45, 7) is 2.81. The molecular formula is C17H20FN3O3. The fourth-order valence-corrected chi connectivity index (χ4v) is 3.07. The summed E-state index contributed by atoms with van der Waals surface area (Å²) in [7, 11) is 0. The first-order chi connectivity index (χ1) is 11.6. The standard InChI is InChI=1S/C17H20FN3O3/c1-2-14-16(22)19-7-8-21(14)17(23)15-10-13(20-24-15)9-11-3-5-12(18)6-4-11/h3-6,14-15H,2,7-10H2,1H3,(H,19,22)/t14-,15+/m0/s1. The van der Waals surface area contributed by atoms with Crippen molar-refractivity contribution in [3.05, 3.63) is 35.6 Å². The second-order valence-corrected chi connectivity index (χ2v) is 6.01. The minimum Gasteiger partial charge on any atom is -0.382 e. The summed E-state index contributed by atoms with van der Waals surface area (Å²) < 4.78 is 12.9. The molecular weight excluding hydrogens is 313 g/mol. The lowest BCUT2D eigenvalue weighted by Gasteiger charge is -2.35. The van der Waals surface area contributed by atoms with Crippen molar-refractivity contribution in [2.75, 3.05) is 13.1 Å². The molecule has 2 amide bonds. The highest BCUT2D eigenvalue weighted by atomic mass is 19.1. The average molecular weight is 333 g/mol. The molecule has 2 heterocycles. The Morgan fingerprint density at radius 1 is 1.42 bits per heavy atom. The molecule has 0 aliphatic carbocycles. The smallest absolute Gasteiger partial charge is 0.267 e. The summed E-state index contributed by atoms with van der Waals surface area (Å²) in [5.74, 6) is -0.609. The van der Waals surface area contributed by atoms with Gasteiger partial charge in [-0.1, -0.05) is 24.2 Å². The molecule has 128 valence electrons. The van der Waals surface area contributed by atoms with Crippen LogP contribution in [-0.4, -0.2) is 47.7 Å². The van der Waals surface area contributed by atoms with E-state index in [9.17, 15) is 14.0 Å². The van der Waals surface area contributed by atoms with Gasteiger partial charge in [0.15, 0.2) is 0 Å². The molecule has 3 rings (SSSR count). The Morgan fingerprint density at radius 3 is 2.88 bits per heavy atom. The third-order valence-electron chi connectivity index (χ3n) is 4.33. The number of amides is 2. The highest BCUT2D eigenvalue weighted by Crippen LogP contribution is 2.19. The van der Waals surface area contributed by atoms with Gasteiger partial charge in [0.1, 0.15) is 11.9 Å². The largest absolute Gasteiger partial charge is 0.382 e. The maximum atomic E-state index is 12.9. The van der Waals surface area contributed by atoms with Crippen LogP contribution in [0, 0.1) is 5.82 Å². The molecule has 2 aliphatic rings. The Labute approximate surface area is 139 Å². The minimum atomic E-state index is -0.680. The van der Waals surface area contributed by atoms with Crippen molar-refractivity contribution in [2.24, 2.45) is 5.16 Å². The molecule has 24 heavy (non-hydrogen) atoms. The Kier molecular flexibility index (Phi) is 4.78. The van der Waals surface area contributed by atoms with Gasteiger partial charge in [0, 0.05) is 25.9 Å². The topological polar surface area (TPSA) is 71.0 Å². The van der Waals surface area contributed by atoms with E-state index in [1.54, 1.807) is 17.0 Å². The van der Waals surface area contributed by atoms with Crippen LogP contribution in [0.3, 0.4) is 0 Å². The van der Waals surface area contributed by atoms with Gasteiger partial charge in [-0.15, -0.1) is 0 Å². The molecule has 2 aliphatic heterocycles. The molecule has 7 heteroatoms. The zero-order chi connectivity index (χ0) is 17.1. The predicted molar refractivity (Wildman–Crippen MR) is 85.8 cm³/mol. The van der Waals surface area contributed by atoms with E-state index in [1.165, 1.54) is 12.1 Å². The molecule has 0 unspecified atom stereocenters. The van der Waals surface area contributed by atoms with E-state index < -0.39 is 12.1 Å². The molecule has 0 saturated carbocycles. The maximum Gasteiger partial charge on any atom is 0.267 e. The van der Waals surface area contributed by atoms with Gasteiger partial charge in [0.25, 0.3) is 5.91 Å². The number of hydrogen-bond acceptors (Lipinski definition) is 4. The van der Waals surface area contributed by atoms with Crippen LogP contribution in [0.1, 0.15) is 25.3 Å². The van der Waals surface area contributed by atoms with Gasteiger partial charge in [0.05, 0.1) is 5.71 Å². The van der Waals surface area contributed by atoms with E-state index in [2.05, 4.69) is 10.5 Å². The lowest BCUT2D eigenvalue weighted by molar-refractivity contribution is -0.151. The van der Waals surface area contributed by atoms with Gasteiger partial charge in [-0.3, -0.25) is 9.59 Å². The van der Waals surface area contributed by atoms with E-state index in [4.69, 9.17) is 4.84 Å². The van der Waals surface area contributed by atoms with Gasteiger partial charge >= 0.3 is 0 Å². The van der Waals surface area contributed by atoms with Crippen molar-refractivity contribution >= 4 is 17.5 Å². The summed E-state index contributed by atoms with van der Waals surface area (Å²) in [6.07, 6.45) is 0.792. The molecule has 2 atom stereocenters. The molecule has 6 nitrogen and oxygen atoms in total. The van der Waals surface area contributed by atoms with Gasteiger partial charge in [-0.2, -0.15) is 0 Å². The fraction of sp³-hybridized carbons (Fsp3) is 0.471. The van der Waals surface area contributed by atoms with Crippen LogP contribution >= 0.6 is 0 Å². The molecule has 1 saturated heterocycles. The van der Waals surface area contributed by atoms with E-state index >= 15 is 0 Å². The van der Waals surface area contributed by atoms with Gasteiger partial charge < -0.3 is 15.1 Å². The summed E-state index contributed by atoms with van der Waals surface area (Å²) in [4.78, 5) is 31.4. The average Bonchev–Trinajstić information content (AvgIpc) is 3.04. The number of carbonyl (C=O) groups excluding carboxylic acids is 2. The molecule has 0 spiro atoms. The van der Waals surface area contributed by atoms with Crippen molar-refractivity contribution in [3.63, 3.8) is 0 Å². The number of benzene rings is 1. The quantitative estimate of drug-likeness (QED) is 0.901. The molecule has 0 aromatic heterocycles. The van der Waals surface area contributed by atoms with E-state index in [1.807, 2.05) is 6.92 Å². The molecule has 1 aromatic rings. The molecule has 1 N–H and O–H groups in total. The Bertz CT molecular complexity index is 660. The number of nitrogens with one attached hydrogen (secondary N) is 1. The second kappa shape index (κ2) is 6.98. The minimum absolute atomic E-state index is 0.123. The van der Waals surface area contributed by atoms with Crippen molar-refractivity contribution in [1.29, 1.82) is 0 Å². The van der Waals surface area contributed by atoms with Crippen molar-refractivity contribution in [2.45, 2.75) is 38.3 Å². The fourth-order valence-electron chi connectivity index (χ4n) is 3.07. The SMILES string of the molecule is CC[C@H]1C(=O)NCCN1C(=O)[C@H]1CC(Cc2ccc(F)cc2)=NO1. The Morgan fingerprint density at radius 2 is 2.17 bits per heavy atom. The third kappa shape index (κ3) is 3.39. The van der Waals surface area contributed by atoms with Crippen LogP contribution in [0.5, 0.6) is 0 Å². The van der Waals surface area contributed by atoms with Crippen molar-refractivity contribution in [3.8, 4) is 0 Å². The van der Waals surface area contributed by atoms with Crippen LogP contribution < -0.4 is 5.32 Å². The van der Waals surface area contributed by atoms with Crippen LogP contribution in [0.15, 0.2) is 29.4 Å². The summed E-state index contributed by atoms with van der Waals surface area (Å²) >= 11 is 0. The van der Waals surface area contributed by atoms with Gasteiger partial charge in [0.2, 0.25) is 12.0 Å². The number of oxime groups is 1. The first-order valence-electron chi connectivity index (χ1n) is 8.12. The third-order valence-corrected chi connectivity index (χ3v) is 4.33. The first-order valence-corrected chi connectivity index (χ1v) is 8.12. The lowest BCUT2D eigenvalue weighted by atomic mass is 10.0. The monoisotopic (exact) mass is 333 g/mol. The second-order valence-electron chi connectivity index (χ2n) is 6.01. The Hall–Kier alpha value is -2.44. The zero-order valence-electron chi connectivity index (χ0n) is 13.5. The molecule has 1 aromatic carbocycles. The predicted octanol–water partition coefficient (Wildman–Crippen LogP) is 1.25. The molecule has 0 radical (unpaired) electrons. The zero-order valence-corrected chi connectivity index (χ0v) is 13.5. The van der Waals surface area contributed by atoms with Crippen molar-refractivity contribution < 1.29 is 18.8 Å². The van der Waals surface area contributed by atoms with Crippen LogP contribution in [0.25, 0.3) is 0 Å². The van der Waals surface area contributed by atoms with E-state index in [0.717, 1.165) is 11.3 Å². The highest BCUT2D eigenvalue weighted by Gasteiger charge is 2.38. The number of nitrogens with zero attached hydrogens (tertiary/aromatic N) is 2. The number of halogens is 1. The highest BCUT2D eigenvalue weighted by molar-refractivity contribution is 5.96. The van der Waals surface area contributed by atoms with Crippen LogP contribution in [-0.2, 0) is 20.8 Å². The van der Waals surface area contributed by atoms with Crippen LogP contribution in [0.4, 0.5) is 4.39 Å². The van der Waals surface area contributed by atoms with E-state index in [0.29, 0.717) is 32.4 Å². The van der Waals surface area contributed by atoms with Gasteiger partial charge in [-0.25, -0.2) is 4.39 Å². The lowest BCUT2D eigenvalue weighted by Crippen LogP contribution is -2.58. The number of carbonyl (C=O) groups is 2. The summed E-state index contributed by atoms with van der Waals surface area (Å²) in [6, 6.07) is 5.72. The van der Waals surface area contributed by atoms with Crippen molar-refractivity contribution in [1.82, 2.24) is 10.2 Å². The number of hydrogen-bond donors (Lipinski definition) is 1. The first kappa shape index (κ1) is 16.4. The summed E-state index contributed by atoms with van der Waals surface area (Å²) in [5.41, 5.74) is 1.66. The van der Waals surface area contributed by atoms with Crippen LogP contribution in [0.2, 0.25) is 0 Å². The molecule has 0 bridgehead atoms. The molecule has 1 fully saturated rings. The maximum absolute atomic E-state index is 12.9. The van der Waals surface area contributed by atoms with Gasteiger partial charge in [-0.05, 0) is 24.1 Å². The van der Waals surface area contributed by atoms with E-state index in [-0.39, 0.29) is 17.6 Å². The number of rotatable bonds is 4. The normalized spacial score (nSPS) is 23.5.